The molecule has 0 saturated carbocycles. The monoisotopic (exact) mass is 449 g/mol. The summed E-state index contributed by atoms with van der Waals surface area (Å²) in [6.07, 6.45) is -9.59. The van der Waals surface area contributed by atoms with Crippen LogP contribution in [-0.2, 0) is 41.0 Å². The molecule has 1 radical (unpaired) electrons. The predicted octanol–water partition coefficient (Wildman–Crippen LogP) is -15.5. The Balaban J connectivity index is -0.0000000624. The summed E-state index contributed by atoms with van der Waals surface area (Å²) in [5.41, 5.74) is 0. The molecule has 0 bridgehead atoms. The molecule has 4 atom stereocenters. The number of aliphatic hydroxyl groups excluding tert-OH is 4. The van der Waals surface area contributed by atoms with Crippen molar-refractivity contribution in [2.45, 2.75) is 31.3 Å². The fourth-order valence-electron chi connectivity index (χ4n) is 0.522. The number of hydrogen-bond acceptors (Lipinski definition) is 13. The third kappa shape index (κ3) is 25.3. The normalized spacial score (nSPS) is 12.6. The summed E-state index contributed by atoms with van der Waals surface area (Å²) < 4.78 is 0. The summed E-state index contributed by atoms with van der Waals surface area (Å²) in [5, 5.41) is 78.7. The van der Waals surface area contributed by atoms with Gasteiger partial charge in [0.25, 0.3) is 0 Å². The maximum absolute atomic E-state index is 9.74. The van der Waals surface area contributed by atoms with Gasteiger partial charge in [-0.3, -0.25) is 0 Å². The molecule has 0 rings (SSSR count). The zero-order valence-electron chi connectivity index (χ0n) is 14.0. The number of carboxylic acid groups (broad SMARTS) is 5. The molecule has 0 aromatic rings. The van der Waals surface area contributed by atoms with Crippen molar-refractivity contribution < 1.29 is 135 Å². The summed E-state index contributed by atoms with van der Waals surface area (Å²) in [6.45, 7) is 0.972. The van der Waals surface area contributed by atoms with Crippen LogP contribution >= 0.6 is 0 Å². The molecule has 0 amide bonds. The number of hydrogen-bond donors (Lipinski definition) is 5. The molecule has 5 N–H and O–H groups in total. The van der Waals surface area contributed by atoms with E-state index in [-0.39, 0.29) is 65.5 Å². The average molecular weight is 450 g/mol. The van der Waals surface area contributed by atoms with Gasteiger partial charge in [0.15, 0.2) is 6.10 Å². The van der Waals surface area contributed by atoms with Gasteiger partial charge in [0.05, 0.1) is 17.9 Å². The van der Waals surface area contributed by atoms with Crippen LogP contribution < -0.4 is 68.8 Å². The molecule has 0 aliphatic heterocycles. The van der Waals surface area contributed by atoms with Crippen LogP contribution in [0.5, 0.6) is 0 Å². The number of carbonyl (C=O) groups is 5. The van der Waals surface area contributed by atoms with E-state index in [1.165, 1.54) is 0 Å². The molecule has 0 saturated heterocycles. The fourth-order valence-corrected chi connectivity index (χ4v) is 0.522. The average Bonchev–Trinajstić information content (AvgIpc) is 2.43. The molecule has 4 unspecified atom stereocenters. The van der Waals surface area contributed by atoms with Crippen molar-refractivity contribution in [2.24, 2.45) is 0 Å². The number of carbonyl (C=O) groups excluding carboxylic acids is 4. The summed E-state index contributed by atoms with van der Waals surface area (Å²) in [6, 6.07) is 0. The van der Waals surface area contributed by atoms with E-state index in [9.17, 15) is 34.5 Å². The molecular weight excluding hydrogens is 438 g/mol. The largest absolute Gasteiger partial charge is 2.00 e. The molecule has 149 valence electrons. The first kappa shape index (κ1) is 40.9. The molecule has 0 aromatic carbocycles. The summed E-state index contributed by atoms with van der Waals surface area (Å²) in [5.74, 6) is -9.03. The second kappa shape index (κ2) is 21.6. The van der Waals surface area contributed by atoms with Crippen molar-refractivity contribution in [1.82, 2.24) is 0 Å². The van der Waals surface area contributed by atoms with Crippen molar-refractivity contribution in [2.75, 3.05) is 0 Å². The number of aliphatic hydroxyl groups is 4. The van der Waals surface area contributed by atoms with Crippen molar-refractivity contribution in [3.05, 3.63) is 0 Å². The Bertz CT molecular complexity index is 399. The summed E-state index contributed by atoms with van der Waals surface area (Å²) in [7, 11) is 0. The van der Waals surface area contributed by atoms with E-state index in [1.807, 2.05) is 0 Å². The van der Waals surface area contributed by atoms with Gasteiger partial charge < -0.3 is 65.1 Å². The van der Waals surface area contributed by atoms with Crippen LogP contribution in [0.2, 0.25) is 0 Å². The van der Waals surface area contributed by atoms with Gasteiger partial charge in [-0.15, -0.1) is 0 Å². The van der Waals surface area contributed by atoms with Crippen LogP contribution in [0.3, 0.4) is 0 Å². The van der Waals surface area contributed by atoms with E-state index in [0.29, 0.717) is 0 Å². The Labute approximate surface area is 195 Å². The Morgan fingerprint density at radius 3 is 0.889 bits per heavy atom. The van der Waals surface area contributed by atoms with Gasteiger partial charge in [0.2, 0.25) is 0 Å². The topological polar surface area (TPSA) is 279 Å². The quantitative estimate of drug-likeness (QED) is 0.235. The first-order valence-electron chi connectivity index (χ1n) is 5.41. The molecule has 14 nitrogen and oxygen atoms in total. The van der Waals surface area contributed by atoms with E-state index in [1.54, 1.807) is 0 Å². The minimum absolute atomic E-state index is 0. The first-order valence-corrected chi connectivity index (χ1v) is 5.41. The van der Waals surface area contributed by atoms with Gasteiger partial charge in [0.1, 0.15) is 18.3 Å². The molecule has 0 aliphatic carbocycles. The predicted molar refractivity (Wildman–Crippen MR) is 57.4 cm³/mol. The van der Waals surface area contributed by atoms with Crippen molar-refractivity contribution >= 4 is 29.8 Å². The number of carboxylic acids is 5. The number of rotatable bonds is 6. The Morgan fingerprint density at radius 2 is 0.815 bits per heavy atom. The maximum Gasteiger partial charge on any atom is 2.00 e. The third-order valence-electron chi connectivity index (χ3n) is 1.58. The van der Waals surface area contributed by atoms with Crippen LogP contribution in [0, 0.1) is 0 Å². The molecule has 0 spiro atoms. The van der Waals surface area contributed by atoms with Crippen LogP contribution in [0.15, 0.2) is 0 Å². The van der Waals surface area contributed by atoms with Crippen LogP contribution in [0.4, 0.5) is 0 Å². The standard InChI is InChI=1S/2C4H6O6.C2H4O2.Cu.Li.Na/c2*5-1(3(7)8)2(6)4(9)10;1-2(3)4;;;/h2*1-2,5-6H,(H,7,8)(H,9,10);1H3,(H,3,4);;;/q;;;+2;2*+1/p-4. The van der Waals surface area contributed by atoms with E-state index >= 15 is 0 Å². The molecule has 17 heteroatoms. The third-order valence-corrected chi connectivity index (χ3v) is 1.58. The summed E-state index contributed by atoms with van der Waals surface area (Å²) >= 11 is 0. The number of aliphatic carboxylic acids is 5. The Morgan fingerprint density at radius 1 is 0.667 bits per heavy atom. The zero-order chi connectivity index (χ0) is 20.2. The van der Waals surface area contributed by atoms with Crippen molar-refractivity contribution in [3.8, 4) is 0 Å². The fraction of sp³-hybridized carbons (Fsp3) is 0.500. The van der Waals surface area contributed by atoms with E-state index in [4.69, 9.17) is 35.4 Å². The van der Waals surface area contributed by atoms with Gasteiger partial charge in [-0.2, -0.15) is 0 Å². The van der Waals surface area contributed by atoms with E-state index in [2.05, 4.69) is 0 Å². The molecular formula is C10H12CuLiNaO14. The second-order valence-electron chi connectivity index (χ2n) is 3.57. The minimum atomic E-state index is -2.44. The van der Waals surface area contributed by atoms with Crippen LogP contribution in [-0.4, -0.2) is 79.8 Å². The molecule has 0 aliphatic rings. The Kier molecular flexibility index (Phi) is 32.7. The smallest absolute Gasteiger partial charge is 0.550 e. The minimum Gasteiger partial charge on any atom is -0.550 e. The van der Waals surface area contributed by atoms with Gasteiger partial charge in [-0.05, 0) is 6.92 Å². The van der Waals surface area contributed by atoms with Crippen molar-refractivity contribution in [3.63, 3.8) is 0 Å². The molecule has 27 heavy (non-hydrogen) atoms. The van der Waals surface area contributed by atoms with E-state index < -0.39 is 54.3 Å². The molecule has 0 fully saturated rings. The van der Waals surface area contributed by atoms with Gasteiger partial charge in [-0.1, -0.05) is 0 Å². The van der Waals surface area contributed by atoms with Crippen molar-refractivity contribution in [1.29, 1.82) is 0 Å². The maximum atomic E-state index is 9.74. The van der Waals surface area contributed by atoms with Crippen LogP contribution in [0.1, 0.15) is 6.92 Å². The second-order valence-corrected chi connectivity index (χ2v) is 3.57. The first-order chi connectivity index (χ1) is 10.7. The molecule has 0 aromatic heterocycles. The molecule has 0 heterocycles. The Hall–Kier alpha value is -0.693. The van der Waals surface area contributed by atoms with Crippen LogP contribution in [0.25, 0.3) is 0 Å². The van der Waals surface area contributed by atoms with Gasteiger partial charge >= 0.3 is 71.5 Å². The van der Waals surface area contributed by atoms with Gasteiger partial charge in [-0.25, -0.2) is 4.79 Å². The summed E-state index contributed by atoms with van der Waals surface area (Å²) in [4.78, 5) is 47.6. The zero-order valence-corrected chi connectivity index (χ0v) is 17.0. The SMILES string of the molecule is CC(=O)[O-].O=C([O-])C(O)C(O)C(=O)O.O=C([O-])C(O)C(O)C(=O)[O-].[Cu+2].[Li+].[Na+]. The van der Waals surface area contributed by atoms with Gasteiger partial charge in [0, 0.05) is 5.97 Å². The van der Waals surface area contributed by atoms with E-state index in [0.717, 1.165) is 6.92 Å².